The van der Waals surface area contributed by atoms with Gasteiger partial charge in [-0.05, 0) is 37.1 Å². The highest BCUT2D eigenvalue weighted by Gasteiger charge is 2.33. The first-order valence-corrected chi connectivity index (χ1v) is 11.0. The van der Waals surface area contributed by atoms with Crippen LogP contribution in [0.4, 0.5) is 4.39 Å². The Morgan fingerprint density at radius 2 is 2.07 bits per heavy atom. The molecule has 2 aromatic carbocycles. The highest BCUT2D eigenvalue weighted by atomic mass is 35.5. The van der Waals surface area contributed by atoms with E-state index in [0.717, 1.165) is 17.7 Å². The number of carbonyl (C=O) groups is 1. The van der Waals surface area contributed by atoms with Crippen LogP contribution >= 0.6 is 11.6 Å². The first kappa shape index (κ1) is 21.5. The van der Waals surface area contributed by atoms with Crippen LogP contribution in [0.5, 0.6) is 5.75 Å². The molecule has 1 saturated heterocycles. The molecule has 0 aromatic heterocycles. The zero-order valence-electron chi connectivity index (χ0n) is 15.9. The summed E-state index contributed by atoms with van der Waals surface area (Å²) in [5.74, 6) is -0.691. The Kier molecular flexibility index (Phi) is 6.77. The highest BCUT2D eigenvalue weighted by molar-refractivity contribution is 7.89. The molecule has 0 aliphatic carbocycles. The second-order valence-electron chi connectivity index (χ2n) is 6.81. The van der Waals surface area contributed by atoms with Gasteiger partial charge < -0.3 is 10.1 Å². The van der Waals surface area contributed by atoms with Crippen molar-refractivity contribution in [1.82, 2.24) is 9.62 Å². The Balaban J connectivity index is 1.68. The van der Waals surface area contributed by atoms with Crippen LogP contribution in [-0.4, -0.2) is 38.8 Å². The van der Waals surface area contributed by atoms with Crippen molar-refractivity contribution in [3.8, 4) is 5.75 Å². The standard InChI is InChI=1S/C20H22ClFN2O4S/c1-28-19-7-3-2-5-14(19)12-23-20(25)15-6-4-10-24(13-15)29(26,27)16-8-9-18(22)17(21)11-16/h2-3,5,7-9,11,15H,4,6,10,12-13H2,1H3,(H,23,25). The van der Waals surface area contributed by atoms with Crippen molar-refractivity contribution in [2.24, 2.45) is 5.92 Å². The van der Waals surface area contributed by atoms with E-state index in [1.165, 1.54) is 10.4 Å². The summed E-state index contributed by atoms with van der Waals surface area (Å²) in [7, 11) is -2.30. The summed E-state index contributed by atoms with van der Waals surface area (Å²) in [6.45, 7) is 0.655. The second-order valence-corrected chi connectivity index (χ2v) is 9.15. The number of nitrogens with zero attached hydrogens (tertiary/aromatic N) is 1. The maximum atomic E-state index is 13.4. The Labute approximate surface area is 174 Å². The Morgan fingerprint density at radius 3 is 2.79 bits per heavy atom. The van der Waals surface area contributed by atoms with E-state index in [2.05, 4.69) is 5.32 Å². The molecule has 2 aromatic rings. The van der Waals surface area contributed by atoms with Gasteiger partial charge >= 0.3 is 0 Å². The number of hydrogen-bond donors (Lipinski definition) is 1. The maximum Gasteiger partial charge on any atom is 0.243 e. The molecule has 0 radical (unpaired) electrons. The minimum absolute atomic E-state index is 0.0646. The zero-order chi connectivity index (χ0) is 21.0. The molecule has 1 amide bonds. The molecular formula is C20H22ClFN2O4S. The minimum Gasteiger partial charge on any atom is -0.496 e. The van der Waals surface area contributed by atoms with E-state index in [1.807, 2.05) is 24.3 Å². The molecule has 1 aliphatic heterocycles. The summed E-state index contributed by atoms with van der Waals surface area (Å²) in [5.41, 5.74) is 0.838. The van der Waals surface area contributed by atoms with Crippen molar-refractivity contribution in [2.45, 2.75) is 24.3 Å². The lowest BCUT2D eigenvalue weighted by molar-refractivity contribution is -0.126. The first-order chi connectivity index (χ1) is 13.8. The van der Waals surface area contributed by atoms with Gasteiger partial charge in [0.2, 0.25) is 15.9 Å². The molecule has 156 valence electrons. The van der Waals surface area contributed by atoms with E-state index in [0.29, 0.717) is 31.7 Å². The van der Waals surface area contributed by atoms with Crippen molar-refractivity contribution in [2.75, 3.05) is 20.2 Å². The van der Waals surface area contributed by atoms with Gasteiger partial charge in [-0.2, -0.15) is 4.31 Å². The van der Waals surface area contributed by atoms with Crippen LogP contribution in [-0.2, 0) is 21.4 Å². The van der Waals surface area contributed by atoms with Gasteiger partial charge in [0, 0.05) is 25.2 Å². The summed E-state index contributed by atoms with van der Waals surface area (Å²) in [6, 6.07) is 10.7. The lowest BCUT2D eigenvalue weighted by atomic mass is 9.98. The number of benzene rings is 2. The number of piperidine rings is 1. The largest absolute Gasteiger partial charge is 0.496 e. The fourth-order valence-corrected chi connectivity index (χ4v) is 5.13. The topological polar surface area (TPSA) is 75.7 Å². The van der Waals surface area contributed by atoms with E-state index in [-0.39, 0.29) is 22.4 Å². The van der Waals surface area contributed by atoms with E-state index in [9.17, 15) is 17.6 Å². The summed E-state index contributed by atoms with van der Waals surface area (Å²) in [4.78, 5) is 12.6. The molecular weight excluding hydrogens is 419 g/mol. The summed E-state index contributed by atoms with van der Waals surface area (Å²) >= 11 is 5.73. The number of carbonyl (C=O) groups excluding carboxylic acids is 1. The van der Waals surface area contributed by atoms with E-state index >= 15 is 0 Å². The van der Waals surface area contributed by atoms with Gasteiger partial charge in [0.15, 0.2) is 0 Å². The monoisotopic (exact) mass is 440 g/mol. The molecule has 3 rings (SSSR count). The SMILES string of the molecule is COc1ccccc1CNC(=O)C1CCCN(S(=O)(=O)c2ccc(F)c(Cl)c2)C1. The first-order valence-electron chi connectivity index (χ1n) is 9.17. The third kappa shape index (κ3) is 4.88. The van der Waals surface area contributed by atoms with Crippen LogP contribution in [0.25, 0.3) is 0 Å². The molecule has 29 heavy (non-hydrogen) atoms. The Morgan fingerprint density at radius 1 is 1.31 bits per heavy atom. The summed E-state index contributed by atoms with van der Waals surface area (Å²) in [5, 5.41) is 2.61. The molecule has 1 heterocycles. The Hall–Kier alpha value is -2.16. The lowest BCUT2D eigenvalue weighted by Gasteiger charge is -2.31. The maximum absolute atomic E-state index is 13.4. The highest BCUT2D eigenvalue weighted by Crippen LogP contribution is 2.27. The van der Waals surface area contributed by atoms with Gasteiger partial charge in [-0.3, -0.25) is 4.79 Å². The molecule has 1 fully saturated rings. The minimum atomic E-state index is -3.86. The van der Waals surface area contributed by atoms with Crippen LogP contribution in [0.15, 0.2) is 47.4 Å². The van der Waals surface area contributed by atoms with Gasteiger partial charge in [-0.25, -0.2) is 12.8 Å². The number of sulfonamides is 1. The molecule has 1 aliphatic rings. The fraction of sp³-hybridized carbons (Fsp3) is 0.350. The predicted molar refractivity (Wildman–Crippen MR) is 108 cm³/mol. The predicted octanol–water partition coefficient (Wildman–Crippen LogP) is 3.20. The smallest absolute Gasteiger partial charge is 0.243 e. The molecule has 6 nitrogen and oxygen atoms in total. The average Bonchev–Trinajstić information content (AvgIpc) is 2.74. The number of halogens is 2. The number of rotatable bonds is 6. The van der Waals surface area contributed by atoms with Crippen LogP contribution < -0.4 is 10.1 Å². The van der Waals surface area contributed by atoms with E-state index < -0.39 is 21.8 Å². The molecule has 1 atom stereocenters. The van der Waals surface area contributed by atoms with Crippen LogP contribution in [0.2, 0.25) is 5.02 Å². The molecule has 1 N–H and O–H groups in total. The molecule has 0 saturated carbocycles. The number of amides is 1. The molecule has 0 bridgehead atoms. The number of ether oxygens (including phenoxy) is 1. The second kappa shape index (κ2) is 9.11. The van der Waals surface area contributed by atoms with Gasteiger partial charge in [0.1, 0.15) is 11.6 Å². The average molecular weight is 441 g/mol. The number of nitrogens with one attached hydrogen (secondary N) is 1. The van der Waals surface area contributed by atoms with E-state index in [1.54, 1.807) is 7.11 Å². The van der Waals surface area contributed by atoms with Crippen molar-refractivity contribution in [3.05, 3.63) is 58.9 Å². The third-order valence-corrected chi connectivity index (χ3v) is 7.08. The third-order valence-electron chi connectivity index (χ3n) is 4.93. The van der Waals surface area contributed by atoms with Gasteiger partial charge in [0.25, 0.3) is 0 Å². The molecule has 0 spiro atoms. The van der Waals surface area contributed by atoms with Crippen molar-refractivity contribution in [3.63, 3.8) is 0 Å². The normalized spacial score (nSPS) is 17.7. The lowest BCUT2D eigenvalue weighted by Crippen LogP contribution is -2.45. The number of hydrogen-bond acceptors (Lipinski definition) is 4. The number of para-hydroxylation sites is 1. The van der Waals surface area contributed by atoms with Crippen molar-refractivity contribution < 1.29 is 22.3 Å². The van der Waals surface area contributed by atoms with Crippen LogP contribution in [0.1, 0.15) is 18.4 Å². The van der Waals surface area contributed by atoms with Crippen LogP contribution in [0.3, 0.4) is 0 Å². The molecule has 1 unspecified atom stereocenters. The molecule has 9 heteroatoms. The van der Waals surface area contributed by atoms with Gasteiger partial charge in [-0.15, -0.1) is 0 Å². The number of methoxy groups -OCH3 is 1. The van der Waals surface area contributed by atoms with Crippen molar-refractivity contribution in [1.29, 1.82) is 0 Å². The van der Waals surface area contributed by atoms with Gasteiger partial charge in [-0.1, -0.05) is 29.8 Å². The van der Waals surface area contributed by atoms with E-state index in [4.69, 9.17) is 16.3 Å². The summed E-state index contributed by atoms with van der Waals surface area (Å²) < 4.78 is 45.7. The van der Waals surface area contributed by atoms with Crippen molar-refractivity contribution >= 4 is 27.5 Å². The zero-order valence-corrected chi connectivity index (χ0v) is 17.5. The quantitative estimate of drug-likeness (QED) is 0.748. The Bertz CT molecular complexity index is 1000. The van der Waals surface area contributed by atoms with Crippen LogP contribution in [0, 0.1) is 11.7 Å². The fourth-order valence-electron chi connectivity index (χ4n) is 3.34. The van der Waals surface area contributed by atoms with Gasteiger partial charge in [0.05, 0.1) is 22.9 Å². The summed E-state index contributed by atoms with van der Waals surface area (Å²) in [6.07, 6.45) is 1.15.